The van der Waals surface area contributed by atoms with E-state index in [2.05, 4.69) is 12.1 Å². The molecular weight excluding hydrogens is 416 g/mol. The summed E-state index contributed by atoms with van der Waals surface area (Å²) in [6.07, 6.45) is 6.81. The van der Waals surface area contributed by atoms with E-state index in [0.717, 1.165) is 63.1 Å². The number of aryl methyl sites for hydroxylation is 1. The lowest BCUT2D eigenvalue weighted by Crippen LogP contribution is -2.47. The third-order valence-electron chi connectivity index (χ3n) is 6.80. The molecule has 2 amide bonds. The summed E-state index contributed by atoms with van der Waals surface area (Å²) in [4.78, 5) is 30.4. The van der Waals surface area contributed by atoms with Crippen LogP contribution in [0.1, 0.15) is 55.6 Å². The summed E-state index contributed by atoms with van der Waals surface area (Å²) in [6, 6.07) is 14.0. The van der Waals surface area contributed by atoms with E-state index in [4.69, 9.17) is 9.15 Å². The quantitative estimate of drug-likeness (QED) is 0.537. The number of furan rings is 1. The molecule has 0 N–H and O–H groups in total. The highest BCUT2D eigenvalue weighted by Crippen LogP contribution is 2.27. The summed E-state index contributed by atoms with van der Waals surface area (Å²) in [7, 11) is 0. The summed E-state index contributed by atoms with van der Waals surface area (Å²) in [5.41, 5.74) is 1.18. The van der Waals surface area contributed by atoms with Gasteiger partial charge in [-0.25, -0.2) is 0 Å². The van der Waals surface area contributed by atoms with Gasteiger partial charge < -0.3 is 19.0 Å². The summed E-state index contributed by atoms with van der Waals surface area (Å²) in [6.45, 7) is 4.24. The van der Waals surface area contributed by atoms with Crippen LogP contribution in [0.15, 0.2) is 46.9 Å². The lowest BCUT2D eigenvalue weighted by Gasteiger charge is -2.30. The van der Waals surface area contributed by atoms with E-state index in [-0.39, 0.29) is 30.4 Å². The van der Waals surface area contributed by atoms with Crippen molar-refractivity contribution in [2.45, 2.75) is 64.5 Å². The Hall–Kier alpha value is -2.60. The van der Waals surface area contributed by atoms with Gasteiger partial charge in [0.05, 0.1) is 19.2 Å². The van der Waals surface area contributed by atoms with Crippen molar-refractivity contribution in [3.05, 3.63) is 59.5 Å². The van der Waals surface area contributed by atoms with Crippen LogP contribution in [0.2, 0.25) is 0 Å². The first-order valence-electron chi connectivity index (χ1n) is 12.4. The Morgan fingerprint density at radius 1 is 0.970 bits per heavy atom. The molecule has 0 bridgehead atoms. The topological polar surface area (TPSA) is 63.0 Å². The number of rotatable bonds is 10. The SMILES string of the molecule is Cc1ccc(CN(CCc2ccccc2)C(=O)CN(C[C@@H]2CCCO2)C(=O)C2CCCC2)o1. The second-order valence-electron chi connectivity index (χ2n) is 9.40. The van der Waals surface area contributed by atoms with Gasteiger partial charge in [-0.2, -0.15) is 0 Å². The Bertz CT molecular complexity index is 898. The number of carbonyl (C=O) groups excluding carboxylic acids is 2. The van der Waals surface area contributed by atoms with Gasteiger partial charge in [0.2, 0.25) is 11.8 Å². The maximum absolute atomic E-state index is 13.5. The molecule has 2 aromatic rings. The molecule has 2 heterocycles. The molecule has 6 heteroatoms. The van der Waals surface area contributed by atoms with E-state index in [0.29, 0.717) is 19.6 Å². The van der Waals surface area contributed by atoms with E-state index >= 15 is 0 Å². The normalized spacial score (nSPS) is 18.5. The molecular formula is C27H36N2O4. The largest absolute Gasteiger partial charge is 0.464 e. The Morgan fingerprint density at radius 2 is 1.76 bits per heavy atom. The fourth-order valence-electron chi connectivity index (χ4n) is 4.92. The molecule has 0 radical (unpaired) electrons. The van der Waals surface area contributed by atoms with Gasteiger partial charge in [0.15, 0.2) is 0 Å². The minimum Gasteiger partial charge on any atom is -0.464 e. The van der Waals surface area contributed by atoms with Gasteiger partial charge in [0, 0.05) is 25.6 Å². The zero-order valence-corrected chi connectivity index (χ0v) is 19.7. The first kappa shape index (κ1) is 23.6. The van der Waals surface area contributed by atoms with Crippen LogP contribution < -0.4 is 0 Å². The number of nitrogens with zero attached hydrogens (tertiary/aromatic N) is 2. The number of hydrogen-bond donors (Lipinski definition) is 0. The predicted molar refractivity (Wildman–Crippen MR) is 127 cm³/mol. The lowest BCUT2D eigenvalue weighted by molar-refractivity contribution is -0.144. The van der Waals surface area contributed by atoms with Crippen molar-refractivity contribution in [3.63, 3.8) is 0 Å². The zero-order valence-electron chi connectivity index (χ0n) is 19.7. The number of amides is 2. The highest BCUT2D eigenvalue weighted by molar-refractivity contribution is 5.86. The van der Waals surface area contributed by atoms with E-state index in [1.54, 1.807) is 4.90 Å². The van der Waals surface area contributed by atoms with Gasteiger partial charge >= 0.3 is 0 Å². The van der Waals surface area contributed by atoms with Crippen LogP contribution in [-0.4, -0.2) is 54.0 Å². The second kappa shape index (κ2) is 11.5. The predicted octanol–water partition coefficient (Wildman–Crippen LogP) is 4.36. The fraction of sp³-hybridized carbons (Fsp3) is 0.556. The molecule has 6 nitrogen and oxygen atoms in total. The Balaban J connectivity index is 1.46. The van der Waals surface area contributed by atoms with Crippen molar-refractivity contribution in [1.82, 2.24) is 9.80 Å². The first-order valence-corrected chi connectivity index (χ1v) is 12.4. The summed E-state index contributed by atoms with van der Waals surface area (Å²) < 4.78 is 11.6. The van der Waals surface area contributed by atoms with Gasteiger partial charge in [-0.05, 0) is 56.7 Å². The third kappa shape index (κ3) is 6.70. The van der Waals surface area contributed by atoms with Crippen molar-refractivity contribution in [2.24, 2.45) is 5.92 Å². The molecule has 1 saturated heterocycles. The summed E-state index contributed by atoms with van der Waals surface area (Å²) in [5, 5.41) is 0. The highest BCUT2D eigenvalue weighted by atomic mass is 16.5. The monoisotopic (exact) mass is 452 g/mol. The molecule has 1 aliphatic carbocycles. The molecule has 1 aromatic carbocycles. The number of carbonyl (C=O) groups is 2. The molecule has 178 valence electrons. The zero-order chi connectivity index (χ0) is 23.0. The molecule has 1 aromatic heterocycles. The van der Waals surface area contributed by atoms with Gasteiger partial charge in [-0.15, -0.1) is 0 Å². The van der Waals surface area contributed by atoms with Crippen LogP contribution in [0.5, 0.6) is 0 Å². The molecule has 0 spiro atoms. The molecule has 1 aliphatic heterocycles. The third-order valence-corrected chi connectivity index (χ3v) is 6.80. The number of ether oxygens (including phenoxy) is 1. The fourth-order valence-corrected chi connectivity index (χ4v) is 4.92. The van der Waals surface area contributed by atoms with E-state index < -0.39 is 0 Å². The van der Waals surface area contributed by atoms with Gasteiger partial charge in [-0.3, -0.25) is 9.59 Å². The van der Waals surface area contributed by atoms with Crippen LogP contribution in [0.3, 0.4) is 0 Å². The van der Waals surface area contributed by atoms with Crippen molar-refractivity contribution in [1.29, 1.82) is 0 Å². The molecule has 33 heavy (non-hydrogen) atoms. The number of hydrogen-bond acceptors (Lipinski definition) is 4. The summed E-state index contributed by atoms with van der Waals surface area (Å²) >= 11 is 0. The standard InChI is InChI=1S/C27H36N2O4/c1-21-13-14-25(33-21)19-28(16-15-22-8-3-2-4-9-22)26(30)20-29(18-24-12-7-17-32-24)27(31)23-10-5-6-11-23/h2-4,8-9,13-14,23-24H,5-7,10-12,15-20H2,1H3/t24-/m0/s1. The molecule has 1 atom stereocenters. The van der Waals surface area contributed by atoms with E-state index in [1.807, 2.05) is 42.2 Å². The average molecular weight is 453 g/mol. The minimum absolute atomic E-state index is 0.0358. The lowest BCUT2D eigenvalue weighted by atomic mass is 10.1. The molecule has 2 aliphatic rings. The van der Waals surface area contributed by atoms with Gasteiger partial charge in [0.25, 0.3) is 0 Å². The van der Waals surface area contributed by atoms with Crippen molar-refractivity contribution < 1.29 is 18.7 Å². The number of benzene rings is 1. The van der Waals surface area contributed by atoms with Crippen molar-refractivity contribution >= 4 is 11.8 Å². The Labute approximate surface area is 196 Å². The van der Waals surface area contributed by atoms with Crippen LogP contribution in [0.4, 0.5) is 0 Å². The maximum Gasteiger partial charge on any atom is 0.242 e. The van der Waals surface area contributed by atoms with E-state index in [1.165, 1.54) is 5.56 Å². The maximum atomic E-state index is 13.5. The van der Waals surface area contributed by atoms with Crippen molar-refractivity contribution in [2.75, 3.05) is 26.2 Å². The smallest absolute Gasteiger partial charge is 0.242 e. The van der Waals surface area contributed by atoms with Gasteiger partial charge in [-0.1, -0.05) is 43.2 Å². The molecule has 4 rings (SSSR count). The molecule has 1 saturated carbocycles. The van der Waals surface area contributed by atoms with Crippen LogP contribution >= 0.6 is 0 Å². The molecule has 0 unspecified atom stereocenters. The Morgan fingerprint density at radius 3 is 2.42 bits per heavy atom. The highest BCUT2D eigenvalue weighted by Gasteiger charge is 2.32. The van der Waals surface area contributed by atoms with Crippen LogP contribution in [0.25, 0.3) is 0 Å². The average Bonchev–Trinajstić information content (AvgIpc) is 3.60. The van der Waals surface area contributed by atoms with Crippen LogP contribution in [0, 0.1) is 12.8 Å². The second-order valence-corrected chi connectivity index (χ2v) is 9.40. The van der Waals surface area contributed by atoms with Crippen molar-refractivity contribution in [3.8, 4) is 0 Å². The van der Waals surface area contributed by atoms with E-state index in [9.17, 15) is 9.59 Å². The Kier molecular flexibility index (Phi) is 8.21. The van der Waals surface area contributed by atoms with Gasteiger partial charge in [0.1, 0.15) is 11.5 Å². The minimum atomic E-state index is -0.0377. The first-order chi connectivity index (χ1) is 16.1. The van der Waals surface area contributed by atoms with Crippen LogP contribution in [-0.2, 0) is 27.3 Å². The summed E-state index contributed by atoms with van der Waals surface area (Å²) in [5.74, 6) is 1.72. The molecule has 2 fully saturated rings.